The van der Waals surface area contributed by atoms with E-state index in [0.29, 0.717) is 11.2 Å². The summed E-state index contributed by atoms with van der Waals surface area (Å²) in [6, 6.07) is 0. The SMILES string of the molecule is CC12CC(C1)C2B1OC(C)(C)C(C)(C)O1. The number of rotatable bonds is 1. The monoisotopic (exact) mass is 208 g/mol. The minimum absolute atomic E-state index is 0.0486. The third kappa shape index (κ3) is 1.09. The van der Waals surface area contributed by atoms with Crippen LogP contribution in [-0.2, 0) is 9.31 Å². The largest absolute Gasteiger partial charge is 0.462 e. The van der Waals surface area contributed by atoms with Crippen LogP contribution in [0, 0.1) is 11.3 Å². The van der Waals surface area contributed by atoms with Gasteiger partial charge in [0.25, 0.3) is 0 Å². The van der Waals surface area contributed by atoms with Gasteiger partial charge in [0.15, 0.2) is 0 Å². The molecule has 3 aliphatic carbocycles. The van der Waals surface area contributed by atoms with E-state index in [9.17, 15) is 0 Å². The predicted octanol–water partition coefficient (Wildman–Crippen LogP) is 2.88. The molecule has 4 aliphatic rings. The number of hydrogen-bond acceptors (Lipinski definition) is 2. The summed E-state index contributed by atoms with van der Waals surface area (Å²) in [7, 11) is 0.0486. The molecule has 0 radical (unpaired) electrons. The predicted molar refractivity (Wildman–Crippen MR) is 60.7 cm³/mol. The van der Waals surface area contributed by atoms with Crippen molar-refractivity contribution in [2.24, 2.45) is 11.3 Å². The van der Waals surface area contributed by atoms with Crippen LogP contribution in [0.5, 0.6) is 0 Å². The highest BCUT2D eigenvalue weighted by molar-refractivity contribution is 6.48. The summed E-state index contributed by atoms with van der Waals surface area (Å²) < 4.78 is 12.2. The van der Waals surface area contributed by atoms with E-state index in [1.807, 2.05) is 0 Å². The third-order valence-corrected chi connectivity index (χ3v) is 5.33. The van der Waals surface area contributed by atoms with Crippen molar-refractivity contribution >= 4 is 7.12 Å². The summed E-state index contributed by atoms with van der Waals surface area (Å²) in [5, 5.41) is 0. The molecule has 84 valence electrons. The van der Waals surface area contributed by atoms with E-state index in [1.54, 1.807) is 0 Å². The van der Waals surface area contributed by atoms with Crippen LogP contribution < -0.4 is 0 Å². The molecule has 15 heavy (non-hydrogen) atoms. The van der Waals surface area contributed by atoms with E-state index >= 15 is 0 Å². The maximum atomic E-state index is 6.11. The van der Waals surface area contributed by atoms with Gasteiger partial charge in [0.1, 0.15) is 0 Å². The van der Waals surface area contributed by atoms with Crippen LogP contribution in [0.4, 0.5) is 0 Å². The van der Waals surface area contributed by atoms with Crippen molar-refractivity contribution in [3.8, 4) is 0 Å². The molecule has 0 aromatic heterocycles. The third-order valence-electron chi connectivity index (χ3n) is 5.33. The van der Waals surface area contributed by atoms with Crippen molar-refractivity contribution in [1.82, 2.24) is 0 Å². The van der Waals surface area contributed by atoms with Gasteiger partial charge in [-0.05, 0) is 51.9 Å². The molecule has 2 nitrogen and oxygen atoms in total. The first-order chi connectivity index (χ1) is 6.75. The first kappa shape index (κ1) is 10.2. The molecule has 1 atom stereocenters. The maximum absolute atomic E-state index is 6.11. The Bertz CT molecular complexity index is 289. The summed E-state index contributed by atoms with van der Waals surface area (Å²) in [5.74, 6) is 1.54. The zero-order valence-electron chi connectivity index (χ0n) is 10.5. The minimum atomic E-state index is -0.157. The normalized spacial score (nSPS) is 49.8. The van der Waals surface area contributed by atoms with E-state index in [1.165, 1.54) is 12.8 Å². The minimum Gasteiger partial charge on any atom is -0.403 e. The molecule has 0 aromatic carbocycles. The molecule has 0 aromatic rings. The van der Waals surface area contributed by atoms with E-state index in [2.05, 4.69) is 34.6 Å². The average molecular weight is 208 g/mol. The van der Waals surface area contributed by atoms with Crippen LogP contribution >= 0.6 is 0 Å². The molecule has 1 saturated heterocycles. The molecule has 4 rings (SSSR count). The smallest absolute Gasteiger partial charge is 0.403 e. The Kier molecular flexibility index (Phi) is 1.66. The highest BCUT2D eigenvalue weighted by Crippen LogP contribution is 2.74. The molecule has 1 unspecified atom stereocenters. The van der Waals surface area contributed by atoms with Crippen LogP contribution in [0.1, 0.15) is 47.5 Å². The van der Waals surface area contributed by atoms with Crippen LogP contribution in [-0.4, -0.2) is 18.3 Å². The van der Waals surface area contributed by atoms with Crippen molar-refractivity contribution < 1.29 is 9.31 Å². The summed E-state index contributed by atoms with van der Waals surface area (Å²) in [6.07, 6.45) is 2.78. The maximum Gasteiger partial charge on any atom is 0.462 e. The topological polar surface area (TPSA) is 18.5 Å². The Morgan fingerprint density at radius 1 is 0.933 bits per heavy atom. The summed E-state index contributed by atoms with van der Waals surface area (Å²) >= 11 is 0. The Balaban J connectivity index is 1.77. The van der Waals surface area contributed by atoms with Gasteiger partial charge in [0.2, 0.25) is 0 Å². The van der Waals surface area contributed by atoms with Gasteiger partial charge in [-0.15, -0.1) is 0 Å². The van der Waals surface area contributed by atoms with Gasteiger partial charge in [-0.25, -0.2) is 0 Å². The van der Waals surface area contributed by atoms with Gasteiger partial charge in [-0.3, -0.25) is 0 Å². The average Bonchev–Trinajstić information content (AvgIpc) is 2.15. The lowest BCUT2D eigenvalue weighted by Gasteiger charge is -2.67. The number of hydrogen-bond donors (Lipinski definition) is 0. The lowest BCUT2D eigenvalue weighted by Crippen LogP contribution is -2.61. The molecular formula is C12H21BO2. The van der Waals surface area contributed by atoms with Gasteiger partial charge < -0.3 is 9.31 Å². The van der Waals surface area contributed by atoms with Crippen molar-refractivity contribution in [3.05, 3.63) is 0 Å². The Morgan fingerprint density at radius 3 is 1.67 bits per heavy atom. The molecule has 4 fully saturated rings. The molecule has 1 heterocycles. The van der Waals surface area contributed by atoms with Crippen LogP contribution in [0.3, 0.4) is 0 Å². The zero-order chi connectivity index (χ0) is 11.1. The summed E-state index contributed by atoms with van der Waals surface area (Å²) in [5.41, 5.74) is 0.220. The zero-order valence-corrected chi connectivity index (χ0v) is 10.5. The second-order valence-corrected chi connectivity index (χ2v) is 6.97. The highest BCUT2D eigenvalue weighted by atomic mass is 16.7. The molecular weight excluding hydrogens is 187 g/mol. The summed E-state index contributed by atoms with van der Waals surface area (Å²) in [6.45, 7) is 10.9. The van der Waals surface area contributed by atoms with E-state index in [-0.39, 0.29) is 18.3 Å². The lowest BCUT2D eigenvalue weighted by atomic mass is 9.29. The standard InChI is InChI=1S/C12H21BO2/c1-10(2)11(3,4)15-13(14-10)9-8-6-12(9,5)7-8/h8-9H,6-7H2,1-5H3. The summed E-state index contributed by atoms with van der Waals surface area (Å²) in [4.78, 5) is 0. The van der Waals surface area contributed by atoms with Gasteiger partial charge in [0, 0.05) is 5.82 Å². The first-order valence-corrected chi connectivity index (χ1v) is 6.11. The first-order valence-electron chi connectivity index (χ1n) is 6.11. The van der Waals surface area contributed by atoms with E-state index < -0.39 is 0 Å². The molecule has 0 spiro atoms. The van der Waals surface area contributed by atoms with Crippen molar-refractivity contribution in [2.75, 3.05) is 0 Å². The van der Waals surface area contributed by atoms with Gasteiger partial charge in [0.05, 0.1) is 11.2 Å². The molecule has 3 heteroatoms. The second-order valence-electron chi connectivity index (χ2n) is 6.97. The molecule has 1 aliphatic heterocycles. The Hall–Kier alpha value is -0.0151. The Labute approximate surface area is 92.9 Å². The highest BCUT2D eigenvalue weighted by Gasteiger charge is 2.70. The molecule has 2 bridgehead atoms. The van der Waals surface area contributed by atoms with Gasteiger partial charge in [-0.2, -0.15) is 0 Å². The Morgan fingerprint density at radius 2 is 1.40 bits per heavy atom. The fourth-order valence-electron chi connectivity index (χ4n) is 3.50. The van der Waals surface area contributed by atoms with Crippen molar-refractivity contribution in [1.29, 1.82) is 0 Å². The van der Waals surface area contributed by atoms with Crippen molar-refractivity contribution in [3.63, 3.8) is 0 Å². The second kappa shape index (κ2) is 2.46. The fraction of sp³-hybridized carbons (Fsp3) is 1.00. The van der Waals surface area contributed by atoms with E-state index in [0.717, 1.165) is 5.92 Å². The van der Waals surface area contributed by atoms with Crippen LogP contribution in [0.2, 0.25) is 5.82 Å². The fourth-order valence-corrected chi connectivity index (χ4v) is 3.50. The molecule has 3 saturated carbocycles. The molecule has 0 amide bonds. The van der Waals surface area contributed by atoms with Gasteiger partial charge >= 0.3 is 7.12 Å². The van der Waals surface area contributed by atoms with Crippen LogP contribution in [0.25, 0.3) is 0 Å². The van der Waals surface area contributed by atoms with Gasteiger partial charge in [-0.1, -0.05) is 6.92 Å². The lowest BCUT2D eigenvalue weighted by molar-refractivity contribution is -0.102. The van der Waals surface area contributed by atoms with Crippen molar-refractivity contribution in [2.45, 2.75) is 64.5 Å². The quantitative estimate of drug-likeness (QED) is 0.617. The van der Waals surface area contributed by atoms with E-state index in [4.69, 9.17) is 9.31 Å². The molecule has 0 N–H and O–H groups in total. The van der Waals surface area contributed by atoms with Crippen LogP contribution in [0.15, 0.2) is 0 Å².